The third-order valence-electron chi connectivity index (χ3n) is 3.39. The van der Waals surface area contributed by atoms with Gasteiger partial charge in [0, 0.05) is 5.75 Å². The van der Waals surface area contributed by atoms with Crippen molar-refractivity contribution in [3.63, 3.8) is 0 Å². The highest BCUT2D eigenvalue weighted by atomic mass is 32.2. The number of amides is 3. The fraction of sp³-hybridized carbons (Fsp3) is 0.714. The fourth-order valence-electron chi connectivity index (χ4n) is 1.79. The summed E-state index contributed by atoms with van der Waals surface area (Å²) in [5.41, 5.74) is 5.56. The van der Waals surface area contributed by atoms with Crippen LogP contribution in [0.1, 0.15) is 6.42 Å². The molecule has 0 aliphatic carbocycles. The number of hydrogen-bond donors (Lipinski definition) is 8. The van der Waals surface area contributed by atoms with Crippen molar-refractivity contribution in [1.29, 1.82) is 0 Å². The molecular formula is C14H26N4O7S2. The molecule has 0 aliphatic rings. The number of nitrogens with two attached hydrogens (primary N) is 1. The van der Waals surface area contributed by atoms with E-state index in [9.17, 15) is 24.3 Å². The summed E-state index contributed by atoms with van der Waals surface area (Å²) in [6.45, 7) is -1.67. The lowest BCUT2D eigenvalue weighted by Gasteiger charge is -2.23. The van der Waals surface area contributed by atoms with Crippen molar-refractivity contribution in [2.45, 2.75) is 30.6 Å². The summed E-state index contributed by atoms with van der Waals surface area (Å²) in [4.78, 5) is 47.2. The van der Waals surface area contributed by atoms with Crippen LogP contribution in [-0.2, 0) is 19.2 Å². The van der Waals surface area contributed by atoms with E-state index in [2.05, 4.69) is 23.3 Å². The second-order valence-electron chi connectivity index (χ2n) is 5.46. The fourth-order valence-corrected chi connectivity index (χ4v) is 2.43. The van der Waals surface area contributed by atoms with Crippen molar-refractivity contribution >= 4 is 48.1 Å². The van der Waals surface area contributed by atoms with Gasteiger partial charge in [0.1, 0.15) is 18.1 Å². The summed E-state index contributed by atoms with van der Waals surface area (Å²) in [5, 5.41) is 33.8. The molecule has 0 aromatic carbocycles. The zero-order valence-electron chi connectivity index (χ0n) is 14.8. The standard InChI is InChI=1S/C14H26N4O7S2/c1-27-3-2-8(16-11(21)7(15)6-26)12(22)17-9(4-19)13(23)18-10(5-20)14(24)25/h7-10,19-20,26H,2-6,15H2,1H3,(H,16,21)(H,17,22)(H,18,23)(H,24,25). The first-order valence-electron chi connectivity index (χ1n) is 7.92. The van der Waals surface area contributed by atoms with Gasteiger partial charge in [0.2, 0.25) is 17.7 Å². The molecule has 0 radical (unpaired) electrons. The van der Waals surface area contributed by atoms with E-state index in [1.807, 2.05) is 5.32 Å². The maximum absolute atomic E-state index is 12.4. The Morgan fingerprint density at radius 3 is 1.89 bits per heavy atom. The topological polar surface area (TPSA) is 191 Å². The summed E-state index contributed by atoms with van der Waals surface area (Å²) in [6.07, 6.45) is 2.05. The molecule has 156 valence electrons. The average Bonchev–Trinajstić information content (AvgIpc) is 2.65. The van der Waals surface area contributed by atoms with E-state index in [1.165, 1.54) is 11.8 Å². The van der Waals surface area contributed by atoms with Gasteiger partial charge in [0.05, 0.1) is 19.3 Å². The molecular weight excluding hydrogens is 400 g/mol. The van der Waals surface area contributed by atoms with Crippen molar-refractivity contribution in [3.8, 4) is 0 Å². The van der Waals surface area contributed by atoms with Crippen molar-refractivity contribution in [1.82, 2.24) is 16.0 Å². The normalized spacial score (nSPS) is 15.1. The van der Waals surface area contributed by atoms with Crippen LogP contribution in [0, 0.1) is 0 Å². The number of thiol groups is 1. The van der Waals surface area contributed by atoms with Gasteiger partial charge in [-0.15, -0.1) is 0 Å². The molecule has 0 saturated heterocycles. The Bertz CT molecular complexity index is 524. The maximum Gasteiger partial charge on any atom is 0.328 e. The first-order valence-corrected chi connectivity index (χ1v) is 9.95. The van der Waals surface area contributed by atoms with E-state index in [-0.39, 0.29) is 12.2 Å². The number of thioether (sulfide) groups is 1. The van der Waals surface area contributed by atoms with Gasteiger partial charge in [-0.25, -0.2) is 4.79 Å². The molecule has 0 rings (SSSR count). The van der Waals surface area contributed by atoms with Crippen LogP contribution in [0.2, 0.25) is 0 Å². The molecule has 4 unspecified atom stereocenters. The largest absolute Gasteiger partial charge is 0.480 e. The highest BCUT2D eigenvalue weighted by molar-refractivity contribution is 7.98. The minimum absolute atomic E-state index is 0.0715. The summed E-state index contributed by atoms with van der Waals surface area (Å²) < 4.78 is 0. The lowest BCUT2D eigenvalue weighted by molar-refractivity contribution is -0.143. The third-order valence-corrected chi connectivity index (χ3v) is 4.43. The molecule has 0 heterocycles. The number of carbonyl (C=O) groups excluding carboxylic acids is 3. The minimum atomic E-state index is -1.58. The number of rotatable bonds is 13. The number of nitrogens with one attached hydrogen (secondary N) is 3. The summed E-state index contributed by atoms with van der Waals surface area (Å²) in [7, 11) is 0. The van der Waals surface area contributed by atoms with Gasteiger partial charge >= 0.3 is 5.97 Å². The predicted molar refractivity (Wildman–Crippen MR) is 102 cm³/mol. The third kappa shape index (κ3) is 9.28. The van der Waals surface area contributed by atoms with Crippen molar-refractivity contribution < 1.29 is 34.5 Å². The van der Waals surface area contributed by atoms with Crippen LogP contribution in [0.15, 0.2) is 0 Å². The molecule has 0 bridgehead atoms. The number of hydrogen-bond acceptors (Lipinski definition) is 9. The maximum atomic E-state index is 12.4. The number of aliphatic hydroxyl groups excluding tert-OH is 2. The Balaban J connectivity index is 5.04. The summed E-state index contributed by atoms with van der Waals surface area (Å²) in [5.74, 6) is -3.21. The summed E-state index contributed by atoms with van der Waals surface area (Å²) >= 11 is 5.34. The van der Waals surface area contributed by atoms with E-state index in [4.69, 9.17) is 15.9 Å². The number of aliphatic hydroxyl groups is 2. The van der Waals surface area contributed by atoms with Crippen molar-refractivity contribution in [2.75, 3.05) is 31.0 Å². The molecule has 4 atom stereocenters. The Kier molecular flexibility index (Phi) is 12.8. The van der Waals surface area contributed by atoms with Crippen LogP contribution in [-0.4, -0.2) is 94.2 Å². The monoisotopic (exact) mass is 426 g/mol. The molecule has 13 heteroatoms. The minimum Gasteiger partial charge on any atom is -0.480 e. The first-order chi connectivity index (χ1) is 12.7. The molecule has 11 nitrogen and oxygen atoms in total. The van der Waals surface area contributed by atoms with Gasteiger partial charge in [-0.05, 0) is 18.4 Å². The molecule has 3 amide bonds. The average molecular weight is 427 g/mol. The molecule has 27 heavy (non-hydrogen) atoms. The van der Waals surface area contributed by atoms with Crippen LogP contribution >= 0.6 is 24.4 Å². The molecule has 8 N–H and O–H groups in total. The number of aliphatic carboxylic acids is 1. The molecule has 0 aromatic rings. The van der Waals surface area contributed by atoms with Crippen LogP contribution in [0.25, 0.3) is 0 Å². The Labute approximate surface area is 166 Å². The van der Waals surface area contributed by atoms with E-state index in [1.54, 1.807) is 6.26 Å². The van der Waals surface area contributed by atoms with E-state index in [0.29, 0.717) is 5.75 Å². The summed E-state index contributed by atoms with van der Waals surface area (Å²) in [6, 6.07) is -4.97. The number of carboxylic acids is 1. The number of carbonyl (C=O) groups is 4. The van der Waals surface area contributed by atoms with Crippen LogP contribution in [0.3, 0.4) is 0 Å². The molecule has 0 fully saturated rings. The van der Waals surface area contributed by atoms with E-state index >= 15 is 0 Å². The predicted octanol–water partition coefficient (Wildman–Crippen LogP) is -3.48. The zero-order valence-corrected chi connectivity index (χ0v) is 16.5. The van der Waals surface area contributed by atoms with Crippen LogP contribution < -0.4 is 21.7 Å². The lowest BCUT2D eigenvalue weighted by Crippen LogP contribution is -2.58. The van der Waals surface area contributed by atoms with Crippen molar-refractivity contribution in [2.24, 2.45) is 5.73 Å². The van der Waals surface area contributed by atoms with Gasteiger partial charge in [-0.2, -0.15) is 24.4 Å². The van der Waals surface area contributed by atoms with Gasteiger partial charge < -0.3 is 37.0 Å². The lowest BCUT2D eigenvalue weighted by atomic mass is 10.1. The highest BCUT2D eigenvalue weighted by Crippen LogP contribution is 2.03. The Morgan fingerprint density at radius 2 is 1.44 bits per heavy atom. The SMILES string of the molecule is CSCCC(NC(=O)C(N)CS)C(=O)NC(CO)C(=O)NC(CO)C(=O)O. The Morgan fingerprint density at radius 1 is 0.963 bits per heavy atom. The molecule has 0 spiro atoms. The molecule has 0 aliphatic heterocycles. The van der Waals surface area contributed by atoms with Crippen molar-refractivity contribution in [3.05, 3.63) is 0 Å². The van der Waals surface area contributed by atoms with Gasteiger partial charge in [-0.1, -0.05) is 0 Å². The quantitative estimate of drug-likeness (QED) is 0.138. The first kappa shape index (κ1) is 25.5. The van der Waals surface area contributed by atoms with Gasteiger partial charge in [0.25, 0.3) is 0 Å². The van der Waals surface area contributed by atoms with E-state index < -0.39 is 61.1 Å². The van der Waals surface area contributed by atoms with Crippen LogP contribution in [0.4, 0.5) is 0 Å². The van der Waals surface area contributed by atoms with E-state index in [0.717, 1.165) is 0 Å². The van der Waals surface area contributed by atoms with Gasteiger partial charge in [-0.3, -0.25) is 14.4 Å². The molecule has 0 aromatic heterocycles. The second-order valence-corrected chi connectivity index (χ2v) is 6.81. The highest BCUT2D eigenvalue weighted by Gasteiger charge is 2.29. The Hall–Kier alpha value is -1.54. The smallest absolute Gasteiger partial charge is 0.328 e. The van der Waals surface area contributed by atoms with Crippen LogP contribution in [0.5, 0.6) is 0 Å². The number of carboxylic acid groups (broad SMARTS) is 1. The van der Waals surface area contributed by atoms with Gasteiger partial charge in [0.15, 0.2) is 0 Å². The zero-order chi connectivity index (χ0) is 21.0. The second kappa shape index (κ2) is 13.6. The molecule has 0 saturated carbocycles.